The first-order valence-electron chi connectivity index (χ1n) is 6.72. The molecule has 0 aliphatic rings. The largest absolute Gasteiger partial charge is 0.493 e. The standard InChI is InChI=1S/C15H17N3O5/c1-21-12-6-4-10(14(22-2)15(12)23-3)8-16-13-7-5-11(9-17-13)18(19)20/h4-7,9H,8H2,1-3H3,(H,16,17). The molecule has 1 N–H and O–H groups in total. The third-order valence-electron chi connectivity index (χ3n) is 3.20. The molecule has 122 valence electrons. The molecule has 1 heterocycles. The molecule has 0 saturated carbocycles. The van der Waals surface area contributed by atoms with E-state index in [1.54, 1.807) is 26.4 Å². The van der Waals surface area contributed by atoms with Crippen LogP contribution >= 0.6 is 0 Å². The number of hydrogen-bond donors (Lipinski definition) is 1. The second kappa shape index (κ2) is 7.30. The summed E-state index contributed by atoms with van der Waals surface area (Å²) in [7, 11) is 4.64. The number of hydrogen-bond acceptors (Lipinski definition) is 7. The zero-order chi connectivity index (χ0) is 16.8. The van der Waals surface area contributed by atoms with Gasteiger partial charge in [0.05, 0.1) is 26.3 Å². The van der Waals surface area contributed by atoms with Gasteiger partial charge in [0.15, 0.2) is 11.5 Å². The topological polar surface area (TPSA) is 95.8 Å². The lowest BCUT2D eigenvalue weighted by atomic mass is 10.1. The van der Waals surface area contributed by atoms with E-state index in [0.29, 0.717) is 29.6 Å². The van der Waals surface area contributed by atoms with Gasteiger partial charge in [-0.3, -0.25) is 10.1 Å². The highest BCUT2D eigenvalue weighted by Gasteiger charge is 2.15. The summed E-state index contributed by atoms with van der Waals surface area (Å²) in [5.41, 5.74) is 0.782. The van der Waals surface area contributed by atoms with Gasteiger partial charge in [0.2, 0.25) is 5.75 Å². The number of methoxy groups -OCH3 is 3. The fourth-order valence-corrected chi connectivity index (χ4v) is 2.09. The van der Waals surface area contributed by atoms with E-state index >= 15 is 0 Å². The number of nitrogens with zero attached hydrogens (tertiary/aromatic N) is 2. The highest BCUT2D eigenvalue weighted by Crippen LogP contribution is 2.39. The Hall–Kier alpha value is -3.03. The number of pyridine rings is 1. The molecule has 0 amide bonds. The molecule has 23 heavy (non-hydrogen) atoms. The summed E-state index contributed by atoms with van der Waals surface area (Å²) in [6.07, 6.45) is 1.20. The van der Waals surface area contributed by atoms with Gasteiger partial charge in [-0.15, -0.1) is 0 Å². The fourth-order valence-electron chi connectivity index (χ4n) is 2.09. The van der Waals surface area contributed by atoms with Crippen LogP contribution in [0.3, 0.4) is 0 Å². The van der Waals surface area contributed by atoms with E-state index in [1.165, 1.54) is 19.4 Å². The maximum Gasteiger partial charge on any atom is 0.287 e. The molecule has 0 fully saturated rings. The average Bonchev–Trinajstić information content (AvgIpc) is 2.59. The second-order valence-electron chi connectivity index (χ2n) is 4.51. The SMILES string of the molecule is COc1ccc(CNc2ccc([N+](=O)[O-])cn2)c(OC)c1OC. The van der Waals surface area contributed by atoms with Crippen LogP contribution in [-0.4, -0.2) is 31.2 Å². The van der Waals surface area contributed by atoms with Crippen molar-refractivity contribution in [3.63, 3.8) is 0 Å². The monoisotopic (exact) mass is 319 g/mol. The predicted octanol–water partition coefficient (Wildman–Crippen LogP) is 2.63. The Bertz CT molecular complexity index is 688. The molecule has 0 aliphatic carbocycles. The summed E-state index contributed by atoms with van der Waals surface area (Å²) in [5, 5.41) is 13.7. The Morgan fingerprint density at radius 2 is 1.83 bits per heavy atom. The smallest absolute Gasteiger partial charge is 0.287 e. The van der Waals surface area contributed by atoms with Crippen LogP contribution in [0.1, 0.15) is 5.56 Å². The van der Waals surface area contributed by atoms with Crippen molar-refractivity contribution >= 4 is 11.5 Å². The number of rotatable bonds is 7. The fraction of sp³-hybridized carbons (Fsp3) is 0.267. The number of benzene rings is 1. The van der Waals surface area contributed by atoms with Crippen molar-refractivity contribution in [1.29, 1.82) is 0 Å². The van der Waals surface area contributed by atoms with Gasteiger partial charge in [-0.25, -0.2) is 4.98 Å². The van der Waals surface area contributed by atoms with Crippen LogP contribution in [0.15, 0.2) is 30.5 Å². The summed E-state index contributed by atoms with van der Waals surface area (Å²) >= 11 is 0. The van der Waals surface area contributed by atoms with Crippen molar-refractivity contribution in [2.24, 2.45) is 0 Å². The van der Waals surface area contributed by atoms with Gasteiger partial charge >= 0.3 is 0 Å². The van der Waals surface area contributed by atoms with E-state index in [9.17, 15) is 10.1 Å². The van der Waals surface area contributed by atoms with Gasteiger partial charge in [0.25, 0.3) is 5.69 Å². The van der Waals surface area contributed by atoms with Crippen molar-refractivity contribution in [2.45, 2.75) is 6.54 Å². The zero-order valence-corrected chi connectivity index (χ0v) is 13.0. The van der Waals surface area contributed by atoms with Gasteiger partial charge in [-0.2, -0.15) is 0 Å². The summed E-state index contributed by atoms with van der Waals surface area (Å²) in [4.78, 5) is 14.1. The first-order chi connectivity index (χ1) is 11.1. The van der Waals surface area contributed by atoms with Gasteiger partial charge in [0.1, 0.15) is 12.0 Å². The van der Waals surface area contributed by atoms with Crippen molar-refractivity contribution < 1.29 is 19.1 Å². The normalized spacial score (nSPS) is 10.0. The number of anilines is 1. The molecular formula is C15H17N3O5. The molecule has 8 nitrogen and oxygen atoms in total. The molecule has 1 aromatic heterocycles. The molecule has 0 spiro atoms. The van der Waals surface area contributed by atoms with Crippen LogP contribution in [0.2, 0.25) is 0 Å². The Labute approximate surface area is 133 Å². The minimum absolute atomic E-state index is 0.0563. The van der Waals surface area contributed by atoms with Gasteiger partial charge in [-0.1, -0.05) is 0 Å². The number of nitrogens with one attached hydrogen (secondary N) is 1. The lowest BCUT2D eigenvalue weighted by molar-refractivity contribution is -0.385. The molecule has 8 heteroatoms. The second-order valence-corrected chi connectivity index (χ2v) is 4.51. The van der Waals surface area contributed by atoms with E-state index in [1.807, 2.05) is 6.07 Å². The Balaban J connectivity index is 2.18. The van der Waals surface area contributed by atoms with Crippen LogP contribution in [0, 0.1) is 10.1 Å². The lowest BCUT2D eigenvalue weighted by Crippen LogP contribution is -2.05. The van der Waals surface area contributed by atoms with Crippen molar-refractivity contribution in [3.05, 3.63) is 46.1 Å². The van der Waals surface area contributed by atoms with E-state index in [-0.39, 0.29) is 5.69 Å². The summed E-state index contributed by atoms with van der Waals surface area (Å²) in [5.74, 6) is 2.15. The molecule has 1 aromatic carbocycles. The average molecular weight is 319 g/mol. The summed E-state index contributed by atoms with van der Waals surface area (Å²) < 4.78 is 15.9. The van der Waals surface area contributed by atoms with Gasteiger partial charge in [-0.05, 0) is 18.2 Å². The minimum Gasteiger partial charge on any atom is -0.493 e. The van der Waals surface area contributed by atoms with Crippen molar-refractivity contribution in [3.8, 4) is 17.2 Å². The van der Waals surface area contributed by atoms with E-state index < -0.39 is 4.92 Å². The maximum atomic E-state index is 10.6. The van der Waals surface area contributed by atoms with Crippen molar-refractivity contribution in [1.82, 2.24) is 4.98 Å². The van der Waals surface area contributed by atoms with E-state index in [0.717, 1.165) is 5.56 Å². The van der Waals surface area contributed by atoms with Crippen LogP contribution in [0.5, 0.6) is 17.2 Å². The maximum absolute atomic E-state index is 10.6. The van der Waals surface area contributed by atoms with Crippen LogP contribution in [-0.2, 0) is 6.54 Å². The highest BCUT2D eigenvalue weighted by molar-refractivity contribution is 5.56. The third kappa shape index (κ3) is 3.60. The van der Waals surface area contributed by atoms with Gasteiger partial charge < -0.3 is 19.5 Å². The molecular weight excluding hydrogens is 302 g/mol. The van der Waals surface area contributed by atoms with Crippen LogP contribution in [0.25, 0.3) is 0 Å². The molecule has 0 radical (unpaired) electrons. The van der Waals surface area contributed by atoms with E-state index in [4.69, 9.17) is 14.2 Å². The molecule has 2 rings (SSSR count). The third-order valence-corrected chi connectivity index (χ3v) is 3.20. The Morgan fingerprint density at radius 3 is 2.35 bits per heavy atom. The van der Waals surface area contributed by atoms with Gasteiger partial charge in [0, 0.05) is 18.2 Å². The Kier molecular flexibility index (Phi) is 5.19. The molecule has 0 aliphatic heterocycles. The number of ether oxygens (including phenoxy) is 3. The number of aromatic nitrogens is 1. The number of nitro groups is 1. The molecule has 0 unspecified atom stereocenters. The molecule has 0 saturated heterocycles. The lowest BCUT2D eigenvalue weighted by Gasteiger charge is -2.16. The first kappa shape index (κ1) is 16.3. The minimum atomic E-state index is -0.492. The van der Waals surface area contributed by atoms with Crippen LogP contribution < -0.4 is 19.5 Å². The molecule has 0 bridgehead atoms. The predicted molar refractivity (Wildman–Crippen MR) is 84.3 cm³/mol. The molecule has 0 atom stereocenters. The summed E-state index contributed by atoms with van der Waals surface area (Å²) in [6.45, 7) is 0.411. The van der Waals surface area contributed by atoms with Crippen molar-refractivity contribution in [2.75, 3.05) is 26.6 Å². The highest BCUT2D eigenvalue weighted by atomic mass is 16.6. The zero-order valence-electron chi connectivity index (χ0n) is 13.0. The first-order valence-corrected chi connectivity index (χ1v) is 6.72. The quantitative estimate of drug-likeness (QED) is 0.619. The Morgan fingerprint density at radius 1 is 1.09 bits per heavy atom. The van der Waals surface area contributed by atoms with Crippen LogP contribution in [0.4, 0.5) is 11.5 Å². The van der Waals surface area contributed by atoms with E-state index in [2.05, 4.69) is 10.3 Å². The summed E-state index contributed by atoms with van der Waals surface area (Å²) in [6, 6.07) is 6.56. The molecule has 2 aromatic rings.